The first-order chi connectivity index (χ1) is 13.6. The van der Waals surface area contributed by atoms with Crippen LogP contribution in [0.3, 0.4) is 0 Å². The number of nitro groups is 1. The third kappa shape index (κ3) is 5.79. The predicted molar refractivity (Wildman–Crippen MR) is 109 cm³/mol. The molecule has 0 amide bonds. The summed E-state index contributed by atoms with van der Waals surface area (Å²) in [5.41, 5.74) is 2.23. The number of non-ortho nitro benzene ring substituents is 1. The molecule has 2 aromatic rings. The highest BCUT2D eigenvalue weighted by Crippen LogP contribution is 2.14. The summed E-state index contributed by atoms with van der Waals surface area (Å²) < 4.78 is 5.46. The molecule has 0 aromatic heterocycles. The Kier molecular flexibility index (Phi) is 6.97. The van der Waals surface area contributed by atoms with Crippen molar-refractivity contribution < 1.29 is 9.66 Å². The SMILES string of the molecule is CN(Cc1ccccc1)C(=NCc1ccc([N+](=O)[O-])cc1)NCC1CCOC1. The first kappa shape index (κ1) is 19.8. The number of ether oxygens (including phenoxy) is 1. The number of hydrogen-bond acceptors (Lipinski definition) is 4. The van der Waals surface area contributed by atoms with Crippen LogP contribution >= 0.6 is 0 Å². The fraction of sp³-hybridized carbons (Fsp3) is 0.381. The third-order valence-electron chi connectivity index (χ3n) is 4.76. The molecule has 0 spiro atoms. The van der Waals surface area contributed by atoms with Crippen LogP contribution in [-0.2, 0) is 17.8 Å². The molecule has 1 heterocycles. The summed E-state index contributed by atoms with van der Waals surface area (Å²) in [5.74, 6) is 1.31. The monoisotopic (exact) mass is 382 g/mol. The summed E-state index contributed by atoms with van der Waals surface area (Å²) >= 11 is 0. The van der Waals surface area contributed by atoms with Crippen molar-refractivity contribution >= 4 is 11.6 Å². The molecule has 2 aromatic carbocycles. The largest absolute Gasteiger partial charge is 0.381 e. The maximum Gasteiger partial charge on any atom is 0.269 e. The second kappa shape index (κ2) is 9.85. The van der Waals surface area contributed by atoms with Crippen LogP contribution in [0.2, 0.25) is 0 Å². The van der Waals surface area contributed by atoms with Gasteiger partial charge in [-0.05, 0) is 17.5 Å². The van der Waals surface area contributed by atoms with Crippen LogP contribution in [0.5, 0.6) is 0 Å². The minimum Gasteiger partial charge on any atom is -0.381 e. The van der Waals surface area contributed by atoms with E-state index in [1.54, 1.807) is 12.1 Å². The van der Waals surface area contributed by atoms with Gasteiger partial charge in [0, 0.05) is 44.8 Å². The van der Waals surface area contributed by atoms with Crippen molar-refractivity contribution in [3.05, 3.63) is 75.8 Å². The van der Waals surface area contributed by atoms with E-state index in [2.05, 4.69) is 22.3 Å². The number of rotatable bonds is 7. The van der Waals surface area contributed by atoms with E-state index in [9.17, 15) is 10.1 Å². The molecule has 1 fully saturated rings. The maximum atomic E-state index is 10.8. The number of nitrogens with zero attached hydrogens (tertiary/aromatic N) is 3. The van der Waals surface area contributed by atoms with E-state index in [1.807, 2.05) is 25.2 Å². The fourth-order valence-corrected chi connectivity index (χ4v) is 3.11. The van der Waals surface area contributed by atoms with Gasteiger partial charge in [0.05, 0.1) is 18.1 Å². The Morgan fingerprint density at radius 1 is 1.21 bits per heavy atom. The van der Waals surface area contributed by atoms with E-state index in [1.165, 1.54) is 17.7 Å². The molecule has 1 unspecified atom stereocenters. The molecule has 1 aliphatic rings. The lowest BCUT2D eigenvalue weighted by atomic mass is 10.1. The summed E-state index contributed by atoms with van der Waals surface area (Å²) in [6.07, 6.45) is 1.06. The van der Waals surface area contributed by atoms with Gasteiger partial charge >= 0.3 is 0 Å². The molecule has 1 atom stereocenters. The second-order valence-corrected chi connectivity index (χ2v) is 7.02. The summed E-state index contributed by atoms with van der Waals surface area (Å²) in [7, 11) is 2.01. The van der Waals surface area contributed by atoms with Crippen LogP contribution < -0.4 is 5.32 Å². The predicted octanol–water partition coefficient (Wildman–Crippen LogP) is 3.21. The number of hydrogen-bond donors (Lipinski definition) is 1. The molecule has 1 N–H and O–H groups in total. The average molecular weight is 382 g/mol. The number of nitrogens with one attached hydrogen (secondary N) is 1. The van der Waals surface area contributed by atoms with Gasteiger partial charge in [0.2, 0.25) is 0 Å². The van der Waals surface area contributed by atoms with Crippen molar-refractivity contribution in [3.8, 4) is 0 Å². The minimum atomic E-state index is -0.392. The van der Waals surface area contributed by atoms with E-state index in [0.29, 0.717) is 12.5 Å². The van der Waals surface area contributed by atoms with Crippen molar-refractivity contribution in [1.29, 1.82) is 0 Å². The lowest BCUT2D eigenvalue weighted by Gasteiger charge is -2.24. The molecule has 0 aliphatic carbocycles. The van der Waals surface area contributed by atoms with Gasteiger partial charge in [0.1, 0.15) is 0 Å². The van der Waals surface area contributed by atoms with E-state index in [0.717, 1.165) is 44.2 Å². The van der Waals surface area contributed by atoms with Crippen LogP contribution in [0.25, 0.3) is 0 Å². The molecular weight excluding hydrogens is 356 g/mol. The molecule has 28 heavy (non-hydrogen) atoms. The Labute approximate surface area is 165 Å². The zero-order valence-electron chi connectivity index (χ0n) is 16.1. The third-order valence-corrected chi connectivity index (χ3v) is 4.76. The standard InChI is InChI=1S/C21H26N4O3/c1-24(15-18-5-3-2-4-6-18)21(23-14-19-11-12-28-16-19)22-13-17-7-9-20(10-8-17)25(26)27/h2-10,19H,11-16H2,1H3,(H,22,23). The smallest absolute Gasteiger partial charge is 0.269 e. The van der Waals surface area contributed by atoms with Gasteiger partial charge in [-0.25, -0.2) is 4.99 Å². The Morgan fingerprint density at radius 3 is 2.61 bits per heavy atom. The molecular formula is C21H26N4O3. The summed E-state index contributed by atoms with van der Waals surface area (Å²) in [6.45, 7) is 3.62. The number of guanidine groups is 1. The van der Waals surface area contributed by atoms with Crippen molar-refractivity contribution in [2.45, 2.75) is 19.5 Å². The van der Waals surface area contributed by atoms with Crippen molar-refractivity contribution in [1.82, 2.24) is 10.2 Å². The summed E-state index contributed by atoms with van der Waals surface area (Å²) in [4.78, 5) is 17.3. The van der Waals surface area contributed by atoms with Gasteiger partial charge in [-0.15, -0.1) is 0 Å². The number of benzene rings is 2. The van der Waals surface area contributed by atoms with Crippen molar-refractivity contribution in [2.24, 2.45) is 10.9 Å². The molecule has 0 saturated carbocycles. The normalized spacial score (nSPS) is 16.8. The van der Waals surface area contributed by atoms with E-state index >= 15 is 0 Å². The van der Waals surface area contributed by atoms with E-state index in [4.69, 9.17) is 9.73 Å². The Bertz CT molecular complexity index is 787. The number of nitro benzene ring substituents is 1. The van der Waals surface area contributed by atoms with Crippen molar-refractivity contribution in [3.63, 3.8) is 0 Å². The highest BCUT2D eigenvalue weighted by Gasteiger charge is 2.17. The highest BCUT2D eigenvalue weighted by molar-refractivity contribution is 5.79. The topological polar surface area (TPSA) is 80.0 Å². The maximum absolute atomic E-state index is 10.8. The Balaban J connectivity index is 1.68. The summed E-state index contributed by atoms with van der Waals surface area (Å²) in [5, 5.41) is 14.3. The quantitative estimate of drug-likeness (QED) is 0.344. The van der Waals surface area contributed by atoms with Crippen LogP contribution in [0.1, 0.15) is 17.5 Å². The Morgan fingerprint density at radius 2 is 1.96 bits per heavy atom. The molecule has 148 valence electrons. The molecule has 7 nitrogen and oxygen atoms in total. The van der Waals surface area contributed by atoms with Crippen LogP contribution in [0.4, 0.5) is 5.69 Å². The average Bonchev–Trinajstić information content (AvgIpc) is 3.22. The first-order valence-corrected chi connectivity index (χ1v) is 9.46. The van der Waals surface area contributed by atoms with Crippen molar-refractivity contribution in [2.75, 3.05) is 26.8 Å². The molecule has 1 aliphatic heterocycles. The highest BCUT2D eigenvalue weighted by atomic mass is 16.6. The molecule has 3 rings (SSSR count). The first-order valence-electron chi connectivity index (χ1n) is 9.46. The minimum absolute atomic E-state index is 0.0912. The number of aliphatic imine (C=N–C) groups is 1. The second-order valence-electron chi connectivity index (χ2n) is 7.02. The van der Waals surface area contributed by atoms with E-state index < -0.39 is 4.92 Å². The van der Waals surface area contributed by atoms with Gasteiger partial charge < -0.3 is 15.0 Å². The van der Waals surface area contributed by atoms with Gasteiger partial charge in [-0.3, -0.25) is 10.1 Å². The van der Waals surface area contributed by atoms with Crippen LogP contribution in [-0.4, -0.2) is 42.6 Å². The van der Waals surface area contributed by atoms with E-state index in [-0.39, 0.29) is 5.69 Å². The lowest BCUT2D eigenvalue weighted by molar-refractivity contribution is -0.384. The lowest BCUT2D eigenvalue weighted by Crippen LogP contribution is -2.41. The molecule has 1 saturated heterocycles. The van der Waals surface area contributed by atoms with Gasteiger partial charge in [0.15, 0.2) is 5.96 Å². The zero-order valence-corrected chi connectivity index (χ0v) is 16.1. The van der Waals surface area contributed by atoms with Crippen LogP contribution in [0.15, 0.2) is 59.6 Å². The fourth-order valence-electron chi connectivity index (χ4n) is 3.11. The molecule has 0 radical (unpaired) electrons. The van der Waals surface area contributed by atoms with Gasteiger partial charge in [-0.2, -0.15) is 0 Å². The summed E-state index contributed by atoms with van der Waals surface area (Å²) in [6, 6.07) is 16.8. The molecule has 7 heteroatoms. The molecule has 0 bridgehead atoms. The van der Waals surface area contributed by atoms with Crippen LogP contribution in [0, 0.1) is 16.0 Å². The zero-order chi connectivity index (χ0) is 19.8. The Hall–Kier alpha value is -2.93. The van der Waals surface area contributed by atoms with Gasteiger partial charge in [-0.1, -0.05) is 42.5 Å². The van der Waals surface area contributed by atoms with Gasteiger partial charge in [0.25, 0.3) is 5.69 Å².